The summed E-state index contributed by atoms with van der Waals surface area (Å²) >= 11 is 3.07. The monoisotopic (exact) mass is 444 g/mol. The first-order valence-electron chi connectivity index (χ1n) is 9.97. The lowest BCUT2D eigenvalue weighted by molar-refractivity contribution is 0.288. The zero-order chi connectivity index (χ0) is 21.0. The standard InChI is InChI=1S/C17H18N4OS2.C4H10N2/c1-18-11-23-9-14(19-2)15-10-24-17(21-15)13-5-6-16(20-7-13)22-8-12-3-4-12;1-2-5-4-6-3-1/h5-7,9-10,12H,1-4,8,11H2;5-6H,1-4H2/b14-9-;. The molecular weight excluding hydrogens is 416 g/mol. The highest BCUT2D eigenvalue weighted by molar-refractivity contribution is 8.02. The van der Waals surface area contributed by atoms with Crippen LogP contribution in [-0.4, -0.2) is 55.6 Å². The third kappa shape index (κ3) is 7.64. The molecule has 2 aromatic rings. The SMILES string of the molecule is C1CNCNC1.C=NCS/C=C(\N=C)c1csc(-c2ccc(OCC3CC3)nc2)n1. The predicted molar refractivity (Wildman–Crippen MR) is 129 cm³/mol. The van der Waals surface area contributed by atoms with Gasteiger partial charge in [0.1, 0.15) is 10.7 Å². The van der Waals surface area contributed by atoms with Crippen LogP contribution in [0.25, 0.3) is 16.3 Å². The Bertz CT molecular complexity index is 817. The van der Waals surface area contributed by atoms with Gasteiger partial charge in [-0.05, 0) is 57.8 Å². The van der Waals surface area contributed by atoms with Gasteiger partial charge < -0.3 is 15.4 Å². The zero-order valence-corrected chi connectivity index (χ0v) is 18.7. The van der Waals surface area contributed by atoms with Gasteiger partial charge in [0.15, 0.2) is 0 Å². The number of thiazole rings is 1. The molecule has 0 amide bonds. The van der Waals surface area contributed by atoms with Crippen LogP contribution < -0.4 is 15.4 Å². The van der Waals surface area contributed by atoms with E-state index in [1.54, 1.807) is 17.5 Å². The molecule has 1 saturated carbocycles. The van der Waals surface area contributed by atoms with Gasteiger partial charge >= 0.3 is 0 Å². The van der Waals surface area contributed by atoms with Crippen LogP contribution in [0.2, 0.25) is 0 Å². The highest BCUT2D eigenvalue weighted by Crippen LogP contribution is 2.30. The summed E-state index contributed by atoms with van der Waals surface area (Å²) in [6.45, 7) is 11.2. The van der Waals surface area contributed by atoms with E-state index in [1.807, 2.05) is 22.9 Å². The zero-order valence-electron chi connectivity index (χ0n) is 17.0. The lowest BCUT2D eigenvalue weighted by Crippen LogP contribution is -2.37. The van der Waals surface area contributed by atoms with Crippen LogP contribution in [0.4, 0.5) is 0 Å². The first kappa shape index (κ1) is 22.6. The maximum absolute atomic E-state index is 5.66. The summed E-state index contributed by atoms with van der Waals surface area (Å²) in [6, 6.07) is 3.88. The van der Waals surface area contributed by atoms with E-state index in [4.69, 9.17) is 4.74 Å². The van der Waals surface area contributed by atoms with Crippen LogP contribution in [0, 0.1) is 5.92 Å². The Morgan fingerprint density at radius 1 is 1.30 bits per heavy atom. The summed E-state index contributed by atoms with van der Waals surface area (Å²) in [4.78, 5) is 16.8. The van der Waals surface area contributed by atoms with Gasteiger partial charge in [0.05, 0.1) is 18.2 Å². The van der Waals surface area contributed by atoms with E-state index in [0.717, 1.165) is 41.2 Å². The molecule has 2 fully saturated rings. The van der Waals surface area contributed by atoms with Crippen molar-refractivity contribution < 1.29 is 4.74 Å². The lowest BCUT2D eigenvalue weighted by Gasteiger charge is -2.11. The fraction of sp³-hybridized carbons (Fsp3) is 0.429. The van der Waals surface area contributed by atoms with Crippen molar-refractivity contribution in [3.05, 3.63) is 34.8 Å². The lowest BCUT2D eigenvalue weighted by atomic mass is 10.3. The van der Waals surface area contributed by atoms with Crippen molar-refractivity contribution in [2.24, 2.45) is 15.9 Å². The Hall–Kier alpha value is -2.07. The average Bonchev–Trinajstić information content (AvgIpc) is 3.52. The number of aromatic nitrogens is 2. The third-order valence-electron chi connectivity index (χ3n) is 4.40. The Balaban J connectivity index is 0.000000367. The Labute approximate surface area is 186 Å². The molecule has 3 heterocycles. The van der Waals surface area contributed by atoms with Crippen molar-refractivity contribution >= 4 is 42.2 Å². The van der Waals surface area contributed by atoms with Gasteiger partial charge in [0.2, 0.25) is 5.88 Å². The van der Waals surface area contributed by atoms with Crippen molar-refractivity contribution in [1.29, 1.82) is 0 Å². The first-order chi connectivity index (χ1) is 14.8. The summed E-state index contributed by atoms with van der Waals surface area (Å²) < 4.78 is 5.66. The van der Waals surface area contributed by atoms with Crippen LogP contribution >= 0.6 is 23.1 Å². The number of rotatable bonds is 9. The number of hydrogen-bond acceptors (Lipinski definition) is 9. The molecule has 9 heteroatoms. The van der Waals surface area contributed by atoms with Gasteiger partial charge in [-0.2, -0.15) is 0 Å². The predicted octanol–water partition coefficient (Wildman–Crippen LogP) is 3.91. The number of pyridine rings is 1. The minimum absolute atomic E-state index is 0.586. The van der Waals surface area contributed by atoms with E-state index in [2.05, 4.69) is 44.0 Å². The summed E-state index contributed by atoms with van der Waals surface area (Å²) in [7, 11) is 0. The molecule has 1 aliphatic carbocycles. The molecule has 0 aromatic carbocycles. The minimum Gasteiger partial charge on any atom is -0.477 e. The van der Waals surface area contributed by atoms with Crippen molar-refractivity contribution in [2.75, 3.05) is 32.2 Å². The summed E-state index contributed by atoms with van der Waals surface area (Å²) in [5, 5.41) is 11.1. The van der Waals surface area contributed by atoms with Crippen molar-refractivity contribution in [3.63, 3.8) is 0 Å². The second-order valence-electron chi connectivity index (χ2n) is 6.89. The molecule has 7 nitrogen and oxygen atoms in total. The number of nitrogens with one attached hydrogen (secondary N) is 2. The molecule has 0 radical (unpaired) electrons. The van der Waals surface area contributed by atoms with E-state index in [0.29, 0.717) is 11.8 Å². The molecule has 0 spiro atoms. The molecule has 0 unspecified atom stereocenters. The van der Waals surface area contributed by atoms with Crippen molar-refractivity contribution in [3.8, 4) is 16.5 Å². The molecule has 30 heavy (non-hydrogen) atoms. The maximum Gasteiger partial charge on any atom is 0.213 e. The largest absolute Gasteiger partial charge is 0.477 e. The van der Waals surface area contributed by atoms with Crippen molar-refractivity contribution in [2.45, 2.75) is 19.3 Å². The van der Waals surface area contributed by atoms with E-state index in [1.165, 1.54) is 44.1 Å². The van der Waals surface area contributed by atoms with E-state index >= 15 is 0 Å². The summed E-state index contributed by atoms with van der Waals surface area (Å²) in [5.74, 6) is 1.98. The van der Waals surface area contributed by atoms with Crippen LogP contribution in [-0.2, 0) is 0 Å². The van der Waals surface area contributed by atoms with E-state index < -0.39 is 0 Å². The quantitative estimate of drug-likeness (QED) is 0.451. The van der Waals surface area contributed by atoms with Gasteiger partial charge in [-0.25, -0.2) is 9.97 Å². The minimum atomic E-state index is 0.586. The first-order valence-corrected chi connectivity index (χ1v) is 11.9. The maximum atomic E-state index is 5.66. The summed E-state index contributed by atoms with van der Waals surface area (Å²) in [6.07, 6.45) is 5.62. The van der Waals surface area contributed by atoms with Gasteiger partial charge in [0, 0.05) is 35.3 Å². The number of hydrogen-bond donors (Lipinski definition) is 2. The molecular formula is C21H28N6OS2. The smallest absolute Gasteiger partial charge is 0.213 e. The molecule has 4 rings (SSSR count). The Morgan fingerprint density at radius 2 is 2.13 bits per heavy atom. The van der Waals surface area contributed by atoms with Crippen LogP contribution in [0.1, 0.15) is 25.0 Å². The Kier molecular flexibility index (Phi) is 9.49. The van der Waals surface area contributed by atoms with E-state index in [9.17, 15) is 0 Å². The number of aliphatic imine (C=N–C) groups is 2. The second-order valence-corrected chi connectivity index (χ2v) is 8.57. The van der Waals surface area contributed by atoms with Gasteiger partial charge in [0.25, 0.3) is 0 Å². The van der Waals surface area contributed by atoms with E-state index in [-0.39, 0.29) is 0 Å². The van der Waals surface area contributed by atoms with Gasteiger partial charge in [-0.15, -0.1) is 23.1 Å². The molecule has 2 aromatic heterocycles. The topological polar surface area (TPSA) is 83.8 Å². The van der Waals surface area contributed by atoms with Gasteiger partial charge in [-0.3, -0.25) is 9.98 Å². The molecule has 0 atom stereocenters. The molecule has 160 valence electrons. The van der Waals surface area contributed by atoms with Crippen LogP contribution in [0.3, 0.4) is 0 Å². The molecule has 2 N–H and O–H groups in total. The molecule has 0 bridgehead atoms. The number of nitrogens with zero attached hydrogens (tertiary/aromatic N) is 4. The Morgan fingerprint density at radius 3 is 2.70 bits per heavy atom. The fourth-order valence-corrected chi connectivity index (χ4v) is 3.89. The molecule has 2 aliphatic rings. The number of thioether (sulfide) groups is 1. The normalized spacial score (nSPS) is 16.3. The van der Waals surface area contributed by atoms with Crippen LogP contribution in [0.5, 0.6) is 5.88 Å². The third-order valence-corrected chi connectivity index (χ3v) is 6.01. The second kappa shape index (κ2) is 12.6. The average molecular weight is 445 g/mol. The van der Waals surface area contributed by atoms with Crippen LogP contribution in [0.15, 0.2) is 39.1 Å². The highest BCUT2D eigenvalue weighted by Gasteiger charge is 2.22. The fourth-order valence-electron chi connectivity index (χ4n) is 2.56. The number of ether oxygens (including phenoxy) is 1. The summed E-state index contributed by atoms with van der Waals surface area (Å²) in [5.41, 5.74) is 2.51. The molecule has 1 aliphatic heterocycles. The van der Waals surface area contributed by atoms with Gasteiger partial charge in [-0.1, -0.05) is 0 Å². The molecule has 1 saturated heterocycles. The highest BCUT2D eigenvalue weighted by atomic mass is 32.2. The van der Waals surface area contributed by atoms with Crippen molar-refractivity contribution in [1.82, 2.24) is 20.6 Å².